The van der Waals surface area contributed by atoms with Crippen LogP contribution in [0.15, 0.2) is 24.3 Å². The Morgan fingerprint density at radius 3 is 3.07 bits per heavy atom. The summed E-state index contributed by atoms with van der Waals surface area (Å²) in [5.74, 6) is 1.54. The van der Waals surface area contributed by atoms with Gasteiger partial charge >= 0.3 is 0 Å². The number of nitrogens with one attached hydrogen (secondary N) is 1. The van der Waals surface area contributed by atoms with Crippen LogP contribution in [0.3, 0.4) is 0 Å². The highest BCUT2D eigenvalue weighted by Crippen LogP contribution is 2.12. The van der Waals surface area contributed by atoms with E-state index >= 15 is 0 Å². The summed E-state index contributed by atoms with van der Waals surface area (Å²) in [5.41, 5.74) is 1.19. The maximum atomic E-state index is 5.54. The average molecular weight is 204 g/mol. The second-order valence-electron chi connectivity index (χ2n) is 3.24. The fraction of sp³-hybridized carbons (Fsp3) is 0.300. The lowest BCUT2D eigenvalue weighted by Crippen LogP contribution is -2.02. The Labute approximate surface area is 87.5 Å². The third kappa shape index (κ3) is 2.77. The minimum absolute atomic E-state index is 0.559. The molecule has 0 saturated carbocycles. The van der Waals surface area contributed by atoms with Gasteiger partial charge in [0.05, 0.1) is 6.61 Å². The van der Waals surface area contributed by atoms with E-state index in [2.05, 4.69) is 20.6 Å². The highest BCUT2D eigenvalue weighted by molar-refractivity contribution is 5.27. The van der Waals surface area contributed by atoms with Gasteiger partial charge in [0.25, 0.3) is 0 Å². The molecule has 0 aliphatic heterocycles. The molecule has 1 heterocycles. The third-order valence-electron chi connectivity index (χ3n) is 1.97. The van der Waals surface area contributed by atoms with E-state index in [1.54, 1.807) is 0 Å². The van der Waals surface area contributed by atoms with Crippen molar-refractivity contribution in [3.8, 4) is 5.75 Å². The second kappa shape index (κ2) is 4.54. The van der Waals surface area contributed by atoms with Gasteiger partial charge in [0.2, 0.25) is 0 Å². The summed E-state index contributed by atoms with van der Waals surface area (Å²) in [6.07, 6.45) is 0.657. The van der Waals surface area contributed by atoms with Gasteiger partial charge in [-0.1, -0.05) is 17.3 Å². The molecule has 78 valence electrons. The van der Waals surface area contributed by atoms with Gasteiger partial charge in [-0.05, 0) is 24.6 Å². The van der Waals surface area contributed by atoms with Crippen LogP contribution in [0.4, 0.5) is 0 Å². The summed E-state index contributed by atoms with van der Waals surface area (Å²) in [7, 11) is 0. The number of nitrogens with zero attached hydrogens (tertiary/aromatic N) is 3. The Morgan fingerprint density at radius 2 is 2.33 bits per heavy atom. The van der Waals surface area contributed by atoms with Crippen molar-refractivity contribution in [2.24, 2.45) is 0 Å². The van der Waals surface area contributed by atoms with Crippen LogP contribution in [-0.2, 0) is 6.42 Å². The number of hydrogen-bond donors (Lipinski definition) is 1. The van der Waals surface area contributed by atoms with Crippen LogP contribution < -0.4 is 4.74 Å². The Kier molecular flexibility index (Phi) is 2.92. The van der Waals surface area contributed by atoms with E-state index in [0.29, 0.717) is 18.9 Å². The van der Waals surface area contributed by atoms with Gasteiger partial charge < -0.3 is 4.74 Å². The van der Waals surface area contributed by atoms with Crippen LogP contribution in [0, 0.1) is 6.92 Å². The van der Waals surface area contributed by atoms with E-state index in [1.165, 1.54) is 5.56 Å². The molecule has 2 aromatic rings. The van der Waals surface area contributed by atoms with Crippen molar-refractivity contribution in [3.63, 3.8) is 0 Å². The number of aromatic nitrogens is 4. The second-order valence-corrected chi connectivity index (χ2v) is 3.24. The van der Waals surface area contributed by atoms with E-state index in [9.17, 15) is 0 Å². The molecule has 0 aliphatic rings. The van der Waals surface area contributed by atoms with Crippen molar-refractivity contribution < 1.29 is 4.74 Å². The van der Waals surface area contributed by atoms with Crippen molar-refractivity contribution >= 4 is 0 Å². The average Bonchev–Trinajstić information content (AvgIpc) is 2.71. The quantitative estimate of drug-likeness (QED) is 0.810. The maximum Gasteiger partial charge on any atom is 0.177 e. The fourth-order valence-corrected chi connectivity index (χ4v) is 1.25. The van der Waals surface area contributed by atoms with Gasteiger partial charge in [0.15, 0.2) is 5.82 Å². The number of H-pyrrole nitrogens is 1. The molecule has 0 amide bonds. The van der Waals surface area contributed by atoms with Crippen LogP contribution in [0.5, 0.6) is 5.75 Å². The minimum atomic E-state index is 0.559. The minimum Gasteiger partial charge on any atom is -0.493 e. The SMILES string of the molecule is Cc1cccc(OCCc2nn[nH]n2)c1. The Bertz CT molecular complexity index is 413. The molecule has 0 bridgehead atoms. The van der Waals surface area contributed by atoms with Gasteiger partial charge in [-0.15, -0.1) is 10.2 Å². The highest BCUT2D eigenvalue weighted by atomic mass is 16.5. The first-order valence-electron chi connectivity index (χ1n) is 4.76. The summed E-state index contributed by atoms with van der Waals surface area (Å²) in [4.78, 5) is 0. The lowest BCUT2D eigenvalue weighted by Gasteiger charge is -2.04. The Hall–Kier alpha value is -1.91. The normalized spacial score (nSPS) is 10.2. The summed E-state index contributed by atoms with van der Waals surface area (Å²) >= 11 is 0. The topological polar surface area (TPSA) is 63.7 Å². The van der Waals surface area contributed by atoms with Gasteiger partial charge in [0, 0.05) is 6.42 Å². The number of aryl methyl sites for hydroxylation is 1. The zero-order valence-electron chi connectivity index (χ0n) is 8.47. The van der Waals surface area contributed by atoms with E-state index in [-0.39, 0.29) is 0 Å². The number of ether oxygens (including phenoxy) is 1. The monoisotopic (exact) mass is 204 g/mol. The molecule has 1 aromatic heterocycles. The molecular formula is C10H12N4O. The Balaban J connectivity index is 1.83. The summed E-state index contributed by atoms with van der Waals surface area (Å²) < 4.78 is 5.54. The number of rotatable bonds is 4. The maximum absolute atomic E-state index is 5.54. The molecule has 0 radical (unpaired) electrons. The molecule has 0 spiro atoms. The number of aromatic amines is 1. The zero-order valence-corrected chi connectivity index (χ0v) is 8.47. The summed E-state index contributed by atoms with van der Waals surface area (Å²) in [6, 6.07) is 7.94. The molecule has 1 aromatic carbocycles. The number of hydrogen-bond acceptors (Lipinski definition) is 4. The summed E-state index contributed by atoms with van der Waals surface area (Å²) in [6.45, 7) is 2.59. The number of benzene rings is 1. The molecule has 0 unspecified atom stereocenters. The fourth-order valence-electron chi connectivity index (χ4n) is 1.25. The highest BCUT2D eigenvalue weighted by Gasteiger charge is 1.98. The van der Waals surface area contributed by atoms with Crippen LogP contribution in [0.25, 0.3) is 0 Å². The van der Waals surface area contributed by atoms with E-state index in [1.807, 2.05) is 31.2 Å². The molecule has 15 heavy (non-hydrogen) atoms. The van der Waals surface area contributed by atoms with E-state index in [0.717, 1.165) is 5.75 Å². The number of tetrazole rings is 1. The third-order valence-corrected chi connectivity index (χ3v) is 1.97. The van der Waals surface area contributed by atoms with Crippen molar-refractivity contribution in [2.75, 3.05) is 6.61 Å². The molecule has 0 fully saturated rings. The molecule has 0 atom stereocenters. The van der Waals surface area contributed by atoms with Gasteiger partial charge in [-0.25, -0.2) is 0 Å². The molecule has 0 aliphatic carbocycles. The summed E-state index contributed by atoms with van der Waals surface area (Å²) in [5, 5.41) is 13.5. The van der Waals surface area contributed by atoms with Gasteiger partial charge in [0.1, 0.15) is 5.75 Å². The first-order valence-corrected chi connectivity index (χ1v) is 4.76. The van der Waals surface area contributed by atoms with E-state index in [4.69, 9.17) is 4.74 Å². The van der Waals surface area contributed by atoms with Gasteiger partial charge in [-0.3, -0.25) is 0 Å². The lowest BCUT2D eigenvalue weighted by molar-refractivity contribution is 0.318. The lowest BCUT2D eigenvalue weighted by atomic mass is 10.2. The molecule has 1 N–H and O–H groups in total. The predicted molar refractivity (Wildman–Crippen MR) is 54.6 cm³/mol. The van der Waals surface area contributed by atoms with Crippen molar-refractivity contribution in [1.82, 2.24) is 20.6 Å². The standard InChI is InChI=1S/C10H12N4O/c1-8-3-2-4-9(7-8)15-6-5-10-11-13-14-12-10/h2-4,7H,5-6H2,1H3,(H,11,12,13,14). The van der Waals surface area contributed by atoms with Crippen molar-refractivity contribution in [3.05, 3.63) is 35.7 Å². The first kappa shape index (κ1) is 9.64. The zero-order chi connectivity index (χ0) is 10.5. The molecule has 5 heteroatoms. The van der Waals surface area contributed by atoms with Crippen LogP contribution in [0.2, 0.25) is 0 Å². The van der Waals surface area contributed by atoms with Crippen LogP contribution >= 0.6 is 0 Å². The largest absolute Gasteiger partial charge is 0.493 e. The smallest absolute Gasteiger partial charge is 0.177 e. The molecule has 2 rings (SSSR count). The van der Waals surface area contributed by atoms with Crippen LogP contribution in [0.1, 0.15) is 11.4 Å². The Morgan fingerprint density at radius 1 is 1.40 bits per heavy atom. The van der Waals surface area contributed by atoms with Crippen molar-refractivity contribution in [1.29, 1.82) is 0 Å². The molecule has 5 nitrogen and oxygen atoms in total. The van der Waals surface area contributed by atoms with Gasteiger partial charge in [-0.2, -0.15) is 5.21 Å². The van der Waals surface area contributed by atoms with Crippen molar-refractivity contribution in [2.45, 2.75) is 13.3 Å². The van der Waals surface area contributed by atoms with Crippen LogP contribution in [-0.4, -0.2) is 27.2 Å². The van der Waals surface area contributed by atoms with E-state index < -0.39 is 0 Å². The molecule has 0 saturated heterocycles. The molecular weight excluding hydrogens is 192 g/mol. The predicted octanol–water partition coefficient (Wildman–Crippen LogP) is 1.13. The first-order chi connectivity index (χ1) is 7.34.